The number of hydrogen-bond donors (Lipinski definition) is 2. The van der Waals surface area contributed by atoms with Crippen LogP contribution in [0.3, 0.4) is 0 Å². The third kappa shape index (κ3) is 2.93. The van der Waals surface area contributed by atoms with Gasteiger partial charge in [-0.1, -0.05) is 6.08 Å². The Labute approximate surface area is 117 Å². The molecule has 2 rings (SSSR count). The van der Waals surface area contributed by atoms with Crippen LogP contribution in [0.15, 0.2) is 23.6 Å². The molecule has 20 heavy (non-hydrogen) atoms. The number of sulfone groups is 1. The summed E-state index contributed by atoms with van der Waals surface area (Å²) < 4.78 is 27.4. The minimum absolute atomic E-state index is 0.00395. The number of nitrogen functional groups attached to an aromatic ring is 1. The highest BCUT2D eigenvalue weighted by Gasteiger charge is 2.22. The Kier molecular flexibility index (Phi) is 3.71. The minimum atomic E-state index is -3.12. The van der Waals surface area contributed by atoms with Crippen LogP contribution in [0.5, 0.6) is 0 Å². The molecule has 7 heteroatoms. The number of ether oxygens (including phenoxy) is 1. The number of aryl methyl sites for hydroxylation is 1. The summed E-state index contributed by atoms with van der Waals surface area (Å²) in [6, 6.07) is 3.02. The van der Waals surface area contributed by atoms with Crippen molar-refractivity contribution < 1.29 is 17.9 Å². The fourth-order valence-corrected chi connectivity index (χ4v) is 3.28. The Morgan fingerprint density at radius 2 is 2.15 bits per heavy atom. The number of rotatable bonds is 3. The second kappa shape index (κ2) is 5.16. The molecule has 1 aromatic carbocycles. The Morgan fingerprint density at radius 3 is 2.70 bits per heavy atom. The molecule has 1 unspecified atom stereocenters. The van der Waals surface area contributed by atoms with Crippen molar-refractivity contribution in [2.45, 2.75) is 13.0 Å². The van der Waals surface area contributed by atoms with Gasteiger partial charge in [0.1, 0.15) is 0 Å². The third-order valence-electron chi connectivity index (χ3n) is 3.07. The number of esters is 1. The SMILES string of the molecule is COC(=O)c1cc(NC2C=CS(=O)(=O)C2)cc(C)c1N. The van der Waals surface area contributed by atoms with E-state index in [1.54, 1.807) is 25.1 Å². The molecule has 1 heterocycles. The van der Waals surface area contributed by atoms with E-state index in [9.17, 15) is 13.2 Å². The Morgan fingerprint density at radius 1 is 1.45 bits per heavy atom. The monoisotopic (exact) mass is 296 g/mol. The van der Waals surface area contributed by atoms with Gasteiger partial charge in [-0.15, -0.1) is 0 Å². The lowest BCUT2D eigenvalue weighted by Gasteiger charge is -2.15. The number of carbonyl (C=O) groups is 1. The van der Waals surface area contributed by atoms with Gasteiger partial charge in [-0.05, 0) is 24.6 Å². The van der Waals surface area contributed by atoms with Gasteiger partial charge in [-0.3, -0.25) is 0 Å². The lowest BCUT2D eigenvalue weighted by molar-refractivity contribution is 0.0602. The number of methoxy groups -OCH3 is 1. The molecule has 0 bridgehead atoms. The van der Waals surface area contributed by atoms with E-state index in [1.165, 1.54) is 12.5 Å². The van der Waals surface area contributed by atoms with Crippen LogP contribution in [0.25, 0.3) is 0 Å². The maximum Gasteiger partial charge on any atom is 0.340 e. The second-order valence-corrected chi connectivity index (χ2v) is 6.59. The summed E-state index contributed by atoms with van der Waals surface area (Å²) in [5.41, 5.74) is 7.81. The molecular formula is C13H16N2O4S. The van der Waals surface area contributed by atoms with E-state index in [-0.39, 0.29) is 17.4 Å². The molecule has 1 aliphatic rings. The van der Waals surface area contributed by atoms with E-state index < -0.39 is 15.8 Å². The molecule has 1 aliphatic heterocycles. The van der Waals surface area contributed by atoms with Gasteiger partial charge in [-0.25, -0.2) is 13.2 Å². The van der Waals surface area contributed by atoms with Crippen LogP contribution >= 0.6 is 0 Å². The van der Waals surface area contributed by atoms with Crippen LogP contribution in [-0.2, 0) is 14.6 Å². The van der Waals surface area contributed by atoms with Crippen molar-refractivity contribution in [1.29, 1.82) is 0 Å². The smallest absolute Gasteiger partial charge is 0.340 e. The van der Waals surface area contributed by atoms with Gasteiger partial charge in [0.25, 0.3) is 0 Å². The summed E-state index contributed by atoms with van der Waals surface area (Å²) in [7, 11) is -1.84. The van der Waals surface area contributed by atoms with E-state index in [4.69, 9.17) is 5.73 Å². The van der Waals surface area contributed by atoms with Crippen LogP contribution < -0.4 is 11.1 Å². The van der Waals surface area contributed by atoms with E-state index in [0.717, 1.165) is 5.56 Å². The maximum absolute atomic E-state index is 11.6. The van der Waals surface area contributed by atoms with Gasteiger partial charge < -0.3 is 15.8 Å². The van der Waals surface area contributed by atoms with E-state index in [1.807, 2.05) is 0 Å². The number of hydrogen-bond acceptors (Lipinski definition) is 6. The van der Waals surface area contributed by atoms with Gasteiger partial charge in [0.2, 0.25) is 0 Å². The molecule has 0 aliphatic carbocycles. The quantitative estimate of drug-likeness (QED) is 0.640. The molecule has 6 nitrogen and oxygen atoms in total. The topological polar surface area (TPSA) is 98.5 Å². The average Bonchev–Trinajstić information content (AvgIpc) is 2.72. The summed E-state index contributed by atoms with van der Waals surface area (Å²) in [5.74, 6) is -0.520. The summed E-state index contributed by atoms with van der Waals surface area (Å²) in [6.07, 6.45) is 1.58. The molecule has 0 amide bonds. The molecule has 0 saturated carbocycles. The lowest BCUT2D eigenvalue weighted by Crippen LogP contribution is -2.21. The van der Waals surface area contributed by atoms with Gasteiger partial charge in [-0.2, -0.15) is 0 Å². The van der Waals surface area contributed by atoms with Crippen molar-refractivity contribution in [2.75, 3.05) is 23.9 Å². The highest BCUT2D eigenvalue weighted by molar-refractivity contribution is 7.94. The summed E-state index contributed by atoms with van der Waals surface area (Å²) >= 11 is 0. The van der Waals surface area contributed by atoms with E-state index >= 15 is 0 Å². The van der Waals surface area contributed by atoms with Crippen molar-refractivity contribution >= 4 is 27.2 Å². The van der Waals surface area contributed by atoms with Gasteiger partial charge in [0.05, 0.1) is 24.5 Å². The highest BCUT2D eigenvalue weighted by atomic mass is 32.2. The molecule has 1 atom stereocenters. The molecule has 0 saturated heterocycles. The molecule has 3 N–H and O–H groups in total. The minimum Gasteiger partial charge on any atom is -0.465 e. The second-order valence-electron chi connectivity index (χ2n) is 4.65. The highest BCUT2D eigenvalue weighted by Crippen LogP contribution is 2.25. The van der Waals surface area contributed by atoms with Crippen molar-refractivity contribution in [2.24, 2.45) is 0 Å². The largest absolute Gasteiger partial charge is 0.465 e. The zero-order chi connectivity index (χ0) is 14.9. The van der Waals surface area contributed by atoms with Crippen LogP contribution in [0.4, 0.5) is 11.4 Å². The number of nitrogens with one attached hydrogen (secondary N) is 1. The third-order valence-corrected chi connectivity index (χ3v) is 4.47. The van der Waals surface area contributed by atoms with E-state index in [0.29, 0.717) is 11.4 Å². The molecule has 108 valence electrons. The summed E-state index contributed by atoms with van der Waals surface area (Å²) in [6.45, 7) is 1.77. The molecule has 0 radical (unpaired) electrons. The Bertz CT molecular complexity index is 680. The van der Waals surface area contributed by atoms with Crippen LogP contribution in [0.1, 0.15) is 15.9 Å². The van der Waals surface area contributed by atoms with Gasteiger partial charge >= 0.3 is 5.97 Å². The number of benzene rings is 1. The lowest BCUT2D eigenvalue weighted by atomic mass is 10.1. The first-order chi connectivity index (χ1) is 9.32. The first-order valence-electron chi connectivity index (χ1n) is 5.98. The zero-order valence-corrected chi connectivity index (χ0v) is 12.0. The summed E-state index contributed by atoms with van der Waals surface area (Å²) in [5, 5.41) is 4.25. The normalized spacial score (nSPS) is 19.8. The zero-order valence-electron chi connectivity index (χ0n) is 11.2. The molecule has 0 spiro atoms. The first kappa shape index (κ1) is 14.4. The van der Waals surface area contributed by atoms with Crippen molar-refractivity contribution in [1.82, 2.24) is 0 Å². The maximum atomic E-state index is 11.6. The number of carbonyl (C=O) groups excluding carboxylic acids is 1. The predicted octanol–water partition coefficient (Wildman–Crippen LogP) is 1.09. The Hall–Kier alpha value is -2.02. The van der Waals surface area contributed by atoms with Crippen molar-refractivity contribution in [3.8, 4) is 0 Å². The van der Waals surface area contributed by atoms with Crippen LogP contribution in [0.2, 0.25) is 0 Å². The van der Waals surface area contributed by atoms with Gasteiger partial charge in [0, 0.05) is 16.8 Å². The standard InChI is InChI=1S/C13H16N2O4S/c1-8-5-10(6-11(12(8)14)13(16)19-2)15-9-3-4-20(17,18)7-9/h3-6,9,15H,7,14H2,1-2H3. The number of anilines is 2. The van der Waals surface area contributed by atoms with E-state index in [2.05, 4.69) is 10.1 Å². The van der Waals surface area contributed by atoms with Crippen molar-refractivity contribution in [3.05, 3.63) is 34.7 Å². The average molecular weight is 296 g/mol. The first-order valence-corrected chi connectivity index (χ1v) is 7.70. The number of nitrogens with two attached hydrogens (primary N) is 1. The fourth-order valence-electron chi connectivity index (χ4n) is 2.04. The van der Waals surface area contributed by atoms with Crippen molar-refractivity contribution in [3.63, 3.8) is 0 Å². The molecule has 0 fully saturated rings. The molecule has 1 aromatic rings. The van der Waals surface area contributed by atoms with Crippen LogP contribution in [-0.4, -0.2) is 33.3 Å². The van der Waals surface area contributed by atoms with Gasteiger partial charge in [0.15, 0.2) is 9.84 Å². The molecular weight excluding hydrogens is 280 g/mol. The Balaban J connectivity index is 2.28. The molecule has 0 aromatic heterocycles. The summed E-state index contributed by atoms with van der Waals surface area (Å²) in [4.78, 5) is 11.6. The predicted molar refractivity (Wildman–Crippen MR) is 77.3 cm³/mol. The van der Waals surface area contributed by atoms with Crippen LogP contribution in [0, 0.1) is 6.92 Å². The fraction of sp³-hybridized carbons (Fsp3) is 0.308.